The first-order chi connectivity index (χ1) is 9.79. The van der Waals surface area contributed by atoms with Crippen molar-refractivity contribution in [2.24, 2.45) is 4.99 Å². The molecule has 2 aromatic rings. The largest absolute Gasteiger partial charge is 0.265 e. The van der Waals surface area contributed by atoms with Crippen molar-refractivity contribution in [2.75, 3.05) is 0 Å². The molecule has 0 aliphatic carbocycles. The smallest absolute Gasteiger partial charge is 0.0345 e. The third-order valence-electron chi connectivity index (χ3n) is 3.05. The first kappa shape index (κ1) is 14.0. The third-order valence-corrected chi connectivity index (χ3v) is 3.05. The fraction of sp³-hybridized carbons (Fsp3) is 0.105. The van der Waals surface area contributed by atoms with Gasteiger partial charge in [-0.25, -0.2) is 0 Å². The minimum absolute atomic E-state index is 0.872. The monoisotopic (exact) mass is 261 g/mol. The highest BCUT2D eigenvalue weighted by atomic mass is 14.7. The van der Waals surface area contributed by atoms with Crippen molar-refractivity contribution in [1.29, 1.82) is 0 Å². The summed E-state index contributed by atoms with van der Waals surface area (Å²) >= 11 is 0. The zero-order chi connectivity index (χ0) is 14.2. The lowest BCUT2D eigenvalue weighted by Gasteiger charge is -2.02. The van der Waals surface area contributed by atoms with Crippen molar-refractivity contribution in [1.82, 2.24) is 0 Å². The summed E-state index contributed by atoms with van der Waals surface area (Å²) < 4.78 is 0. The van der Waals surface area contributed by atoms with E-state index in [0.717, 1.165) is 23.3 Å². The average Bonchev–Trinajstić information content (AvgIpc) is 2.50. The fourth-order valence-corrected chi connectivity index (χ4v) is 1.99. The number of allylic oxidation sites excluding steroid dienone is 2. The molecule has 100 valence electrons. The van der Waals surface area contributed by atoms with Gasteiger partial charge >= 0.3 is 0 Å². The minimum atomic E-state index is 0.872. The van der Waals surface area contributed by atoms with Crippen LogP contribution in [-0.2, 0) is 6.42 Å². The van der Waals surface area contributed by atoms with Gasteiger partial charge in [0, 0.05) is 18.3 Å². The Bertz CT molecular complexity index is 607. The van der Waals surface area contributed by atoms with E-state index in [-0.39, 0.29) is 0 Å². The zero-order valence-corrected chi connectivity index (χ0v) is 11.8. The Hall–Kier alpha value is -2.41. The van der Waals surface area contributed by atoms with Crippen LogP contribution in [0.15, 0.2) is 84.5 Å². The molecule has 0 amide bonds. The first-order valence-electron chi connectivity index (χ1n) is 6.75. The molecule has 0 unspecified atom stereocenters. The Balaban J connectivity index is 2.13. The summed E-state index contributed by atoms with van der Waals surface area (Å²) in [6.07, 6.45) is 4.60. The van der Waals surface area contributed by atoms with E-state index in [1.54, 1.807) is 0 Å². The van der Waals surface area contributed by atoms with E-state index in [2.05, 4.69) is 54.9 Å². The molecule has 0 aliphatic heterocycles. The Kier molecular flexibility index (Phi) is 5.08. The number of benzene rings is 2. The standard InChI is InChI=1S/C19H19N/c1-3-18(19-12-8-5-9-13-19)15-20-16(2)14-17-10-6-4-7-11-17/h3-13,15H,1,14H2,2H3/b18-15+,20-16?. The number of rotatable bonds is 5. The fourth-order valence-electron chi connectivity index (χ4n) is 1.99. The van der Waals surface area contributed by atoms with Crippen molar-refractivity contribution in [3.05, 3.63) is 90.6 Å². The highest BCUT2D eigenvalue weighted by Gasteiger charge is 1.97. The van der Waals surface area contributed by atoms with Gasteiger partial charge in [-0.2, -0.15) is 0 Å². The van der Waals surface area contributed by atoms with Crippen LogP contribution < -0.4 is 0 Å². The number of hydrogen-bond acceptors (Lipinski definition) is 1. The van der Waals surface area contributed by atoms with Crippen molar-refractivity contribution in [3.63, 3.8) is 0 Å². The van der Waals surface area contributed by atoms with Gasteiger partial charge in [-0.15, -0.1) is 0 Å². The van der Waals surface area contributed by atoms with Crippen LogP contribution in [0.25, 0.3) is 5.57 Å². The Labute approximate surface area is 121 Å². The number of hydrogen-bond donors (Lipinski definition) is 0. The summed E-state index contributed by atoms with van der Waals surface area (Å²) in [5, 5.41) is 0. The SMILES string of the molecule is C=C/C(=C\N=C(C)Cc1ccccc1)c1ccccc1. The van der Waals surface area contributed by atoms with Gasteiger partial charge in [-0.3, -0.25) is 4.99 Å². The van der Waals surface area contributed by atoms with Crippen molar-refractivity contribution >= 4 is 11.3 Å². The minimum Gasteiger partial charge on any atom is -0.265 e. The van der Waals surface area contributed by atoms with Gasteiger partial charge in [-0.05, 0) is 23.6 Å². The summed E-state index contributed by atoms with van der Waals surface area (Å²) in [6.45, 7) is 5.91. The van der Waals surface area contributed by atoms with Gasteiger partial charge in [-0.1, -0.05) is 73.3 Å². The molecule has 0 N–H and O–H groups in total. The summed E-state index contributed by atoms with van der Waals surface area (Å²) in [5.74, 6) is 0. The van der Waals surface area contributed by atoms with Crippen LogP contribution in [-0.4, -0.2) is 5.71 Å². The van der Waals surface area contributed by atoms with Gasteiger partial charge < -0.3 is 0 Å². The van der Waals surface area contributed by atoms with Crippen LogP contribution in [0.1, 0.15) is 18.1 Å². The predicted octanol–water partition coefficient (Wildman–Crippen LogP) is 4.92. The van der Waals surface area contributed by atoms with E-state index in [4.69, 9.17) is 0 Å². The second-order valence-electron chi connectivity index (χ2n) is 4.68. The Morgan fingerprint density at radius 3 is 2.20 bits per heavy atom. The maximum Gasteiger partial charge on any atom is 0.0345 e. The summed E-state index contributed by atoms with van der Waals surface area (Å²) in [7, 11) is 0. The second-order valence-corrected chi connectivity index (χ2v) is 4.68. The first-order valence-corrected chi connectivity index (χ1v) is 6.75. The second kappa shape index (κ2) is 7.25. The van der Waals surface area contributed by atoms with Crippen LogP contribution in [0.5, 0.6) is 0 Å². The molecule has 2 aromatic carbocycles. The van der Waals surface area contributed by atoms with Crippen LogP contribution in [0, 0.1) is 0 Å². The quantitative estimate of drug-likeness (QED) is 0.535. The van der Waals surface area contributed by atoms with Crippen LogP contribution in [0.2, 0.25) is 0 Å². The molecule has 1 nitrogen and oxygen atoms in total. The zero-order valence-electron chi connectivity index (χ0n) is 11.8. The van der Waals surface area contributed by atoms with Crippen LogP contribution in [0.4, 0.5) is 0 Å². The van der Waals surface area contributed by atoms with E-state index in [1.807, 2.05) is 36.5 Å². The molecule has 0 bridgehead atoms. The molecule has 0 saturated heterocycles. The van der Waals surface area contributed by atoms with E-state index in [0.29, 0.717) is 0 Å². The molecule has 0 atom stereocenters. The topological polar surface area (TPSA) is 12.4 Å². The molecule has 0 aromatic heterocycles. The van der Waals surface area contributed by atoms with E-state index >= 15 is 0 Å². The van der Waals surface area contributed by atoms with Crippen molar-refractivity contribution in [2.45, 2.75) is 13.3 Å². The Morgan fingerprint density at radius 1 is 1.00 bits per heavy atom. The third kappa shape index (κ3) is 4.06. The number of aliphatic imine (C=N–C) groups is 1. The van der Waals surface area contributed by atoms with Crippen LogP contribution >= 0.6 is 0 Å². The van der Waals surface area contributed by atoms with Gasteiger partial charge in [0.2, 0.25) is 0 Å². The van der Waals surface area contributed by atoms with E-state index < -0.39 is 0 Å². The average molecular weight is 261 g/mol. The summed E-state index contributed by atoms with van der Waals surface area (Å²) in [6, 6.07) is 20.6. The van der Waals surface area contributed by atoms with Gasteiger partial charge in [0.15, 0.2) is 0 Å². The molecule has 0 fully saturated rings. The van der Waals surface area contributed by atoms with Gasteiger partial charge in [0.1, 0.15) is 0 Å². The lowest BCUT2D eigenvalue weighted by atomic mass is 10.1. The van der Waals surface area contributed by atoms with E-state index in [9.17, 15) is 0 Å². The highest BCUT2D eigenvalue weighted by Crippen LogP contribution is 2.15. The van der Waals surface area contributed by atoms with E-state index in [1.165, 1.54) is 5.56 Å². The number of nitrogens with zero attached hydrogens (tertiary/aromatic N) is 1. The van der Waals surface area contributed by atoms with Crippen LogP contribution in [0.3, 0.4) is 0 Å². The molecule has 0 spiro atoms. The molecule has 1 heteroatoms. The molecular weight excluding hydrogens is 242 g/mol. The molecule has 0 heterocycles. The van der Waals surface area contributed by atoms with Gasteiger partial charge in [0.05, 0.1) is 0 Å². The van der Waals surface area contributed by atoms with Crippen molar-refractivity contribution in [3.8, 4) is 0 Å². The highest BCUT2D eigenvalue weighted by molar-refractivity contribution is 5.86. The molecule has 0 aliphatic rings. The maximum atomic E-state index is 4.55. The van der Waals surface area contributed by atoms with Gasteiger partial charge in [0.25, 0.3) is 0 Å². The van der Waals surface area contributed by atoms with Crippen molar-refractivity contribution < 1.29 is 0 Å². The molecule has 0 saturated carbocycles. The maximum absolute atomic E-state index is 4.55. The molecule has 20 heavy (non-hydrogen) atoms. The summed E-state index contributed by atoms with van der Waals surface area (Å²) in [4.78, 5) is 4.55. The molecular formula is C19H19N. The summed E-state index contributed by atoms with van der Waals surface area (Å²) in [5.41, 5.74) is 4.55. The lowest BCUT2D eigenvalue weighted by Crippen LogP contribution is -1.96. The lowest BCUT2D eigenvalue weighted by molar-refractivity contribution is 1.29. The Morgan fingerprint density at radius 2 is 1.60 bits per heavy atom. The predicted molar refractivity (Wildman–Crippen MR) is 87.9 cm³/mol. The molecule has 2 rings (SSSR count). The molecule has 0 radical (unpaired) electrons. The normalized spacial score (nSPS) is 12.2.